The number of benzene rings is 2. The van der Waals surface area contributed by atoms with Crippen LogP contribution in [0.1, 0.15) is 16.1 Å². The number of nitriles is 1. The molecule has 0 radical (unpaired) electrons. The zero-order chi connectivity index (χ0) is 18.1. The highest BCUT2D eigenvalue weighted by Crippen LogP contribution is 2.33. The highest BCUT2D eigenvalue weighted by molar-refractivity contribution is 6.00. The van der Waals surface area contributed by atoms with Crippen LogP contribution in [0.15, 0.2) is 42.6 Å². The number of nitro benzene ring substituents is 1. The van der Waals surface area contributed by atoms with Crippen molar-refractivity contribution in [1.82, 2.24) is 4.57 Å². The second-order valence-electron chi connectivity index (χ2n) is 5.18. The van der Waals surface area contributed by atoms with Crippen LogP contribution in [0.4, 0.5) is 11.4 Å². The van der Waals surface area contributed by atoms with Crippen LogP contribution in [-0.4, -0.2) is 22.6 Å². The van der Waals surface area contributed by atoms with E-state index in [0.29, 0.717) is 16.5 Å². The first kappa shape index (κ1) is 16.0. The van der Waals surface area contributed by atoms with Crippen molar-refractivity contribution in [3.8, 4) is 11.8 Å². The summed E-state index contributed by atoms with van der Waals surface area (Å²) in [6.45, 7) is 0. The molecule has 1 heterocycles. The molecule has 2 aromatic carbocycles. The Kier molecular flexibility index (Phi) is 3.83. The van der Waals surface area contributed by atoms with Crippen LogP contribution < -0.4 is 5.73 Å². The fourth-order valence-corrected chi connectivity index (χ4v) is 2.74. The van der Waals surface area contributed by atoms with Gasteiger partial charge in [-0.25, -0.2) is 4.79 Å². The summed E-state index contributed by atoms with van der Waals surface area (Å²) in [7, 11) is 1.21. The van der Waals surface area contributed by atoms with Crippen molar-refractivity contribution in [2.24, 2.45) is 0 Å². The highest BCUT2D eigenvalue weighted by atomic mass is 16.6. The van der Waals surface area contributed by atoms with Crippen molar-refractivity contribution in [2.75, 3.05) is 12.8 Å². The first-order valence-corrected chi connectivity index (χ1v) is 7.15. The third kappa shape index (κ3) is 2.44. The van der Waals surface area contributed by atoms with Gasteiger partial charge in [0, 0.05) is 17.6 Å². The molecule has 3 rings (SSSR count). The molecule has 0 aliphatic heterocycles. The van der Waals surface area contributed by atoms with Crippen molar-refractivity contribution >= 4 is 28.1 Å². The Balaban J connectivity index is 2.39. The molecule has 0 bridgehead atoms. The number of non-ortho nitro benzene ring substituents is 1. The van der Waals surface area contributed by atoms with Crippen LogP contribution in [0.25, 0.3) is 16.5 Å². The minimum atomic E-state index is -0.707. The van der Waals surface area contributed by atoms with Crippen molar-refractivity contribution in [3.05, 3.63) is 64.0 Å². The van der Waals surface area contributed by atoms with Gasteiger partial charge in [0.1, 0.15) is 6.07 Å². The number of esters is 1. The van der Waals surface area contributed by atoms with E-state index in [4.69, 9.17) is 10.5 Å². The highest BCUT2D eigenvalue weighted by Gasteiger charge is 2.24. The maximum absolute atomic E-state index is 12.1. The van der Waals surface area contributed by atoms with Crippen LogP contribution in [0.5, 0.6) is 0 Å². The largest absolute Gasteiger partial charge is 0.464 e. The lowest BCUT2D eigenvalue weighted by Gasteiger charge is -2.11. The molecule has 2 N–H and O–H groups in total. The van der Waals surface area contributed by atoms with Gasteiger partial charge in [-0.2, -0.15) is 5.26 Å². The summed E-state index contributed by atoms with van der Waals surface area (Å²) < 4.78 is 6.18. The van der Waals surface area contributed by atoms with Crippen LogP contribution in [-0.2, 0) is 4.74 Å². The van der Waals surface area contributed by atoms with E-state index in [1.807, 2.05) is 6.07 Å². The third-order valence-electron chi connectivity index (χ3n) is 3.88. The van der Waals surface area contributed by atoms with Gasteiger partial charge in [-0.1, -0.05) is 18.2 Å². The van der Waals surface area contributed by atoms with E-state index in [0.717, 1.165) is 0 Å². The van der Waals surface area contributed by atoms with Gasteiger partial charge >= 0.3 is 5.97 Å². The number of hydrogen-bond donors (Lipinski definition) is 1. The number of carbonyl (C=O) groups is 1. The molecule has 0 amide bonds. The minimum Gasteiger partial charge on any atom is -0.464 e. The first-order chi connectivity index (χ1) is 12.0. The summed E-state index contributed by atoms with van der Waals surface area (Å²) in [5, 5.41) is 21.4. The van der Waals surface area contributed by atoms with Gasteiger partial charge < -0.3 is 15.0 Å². The van der Waals surface area contributed by atoms with E-state index in [9.17, 15) is 20.2 Å². The van der Waals surface area contributed by atoms with E-state index < -0.39 is 10.9 Å². The molecule has 1 aromatic heterocycles. The van der Waals surface area contributed by atoms with E-state index in [1.54, 1.807) is 24.3 Å². The van der Waals surface area contributed by atoms with Crippen molar-refractivity contribution < 1.29 is 14.5 Å². The Labute approximate surface area is 141 Å². The van der Waals surface area contributed by atoms with Gasteiger partial charge in [0.25, 0.3) is 5.69 Å². The minimum absolute atomic E-state index is 0.00180. The number of carbonyl (C=O) groups excluding carboxylic acids is 1. The average Bonchev–Trinajstić information content (AvgIpc) is 2.96. The Morgan fingerprint density at radius 1 is 1.28 bits per heavy atom. The SMILES string of the molecule is COC(=O)c1c(N)c(C#N)cn1-c1ccc([N+](=O)[O-])c2ccccc12. The molecule has 0 aliphatic rings. The summed E-state index contributed by atoms with van der Waals surface area (Å²) in [5.41, 5.74) is 6.43. The molecule has 0 saturated carbocycles. The van der Waals surface area contributed by atoms with Gasteiger partial charge in [0.05, 0.1) is 34.4 Å². The quantitative estimate of drug-likeness (QED) is 0.445. The molecule has 8 nitrogen and oxygen atoms in total. The number of nitro groups is 1. The summed E-state index contributed by atoms with van der Waals surface area (Å²) in [6.07, 6.45) is 1.41. The zero-order valence-corrected chi connectivity index (χ0v) is 13.1. The molecular formula is C17H12N4O4. The molecule has 124 valence electrons. The summed E-state index contributed by atoms with van der Waals surface area (Å²) in [4.78, 5) is 22.9. The number of methoxy groups -OCH3 is 1. The second kappa shape index (κ2) is 5.98. The van der Waals surface area contributed by atoms with Crippen molar-refractivity contribution in [1.29, 1.82) is 5.26 Å². The van der Waals surface area contributed by atoms with Crippen LogP contribution >= 0.6 is 0 Å². The third-order valence-corrected chi connectivity index (χ3v) is 3.88. The monoisotopic (exact) mass is 336 g/mol. The summed E-state index contributed by atoms with van der Waals surface area (Å²) >= 11 is 0. The molecular weight excluding hydrogens is 324 g/mol. The summed E-state index contributed by atoms with van der Waals surface area (Å²) in [6, 6.07) is 11.5. The first-order valence-electron chi connectivity index (χ1n) is 7.15. The van der Waals surface area contributed by atoms with Crippen molar-refractivity contribution in [3.63, 3.8) is 0 Å². The number of fused-ring (bicyclic) bond motifs is 1. The topological polar surface area (TPSA) is 124 Å². The van der Waals surface area contributed by atoms with Crippen LogP contribution in [0, 0.1) is 21.4 Å². The van der Waals surface area contributed by atoms with Gasteiger partial charge in [0.15, 0.2) is 5.69 Å². The number of nitrogens with two attached hydrogens (primary N) is 1. The van der Waals surface area contributed by atoms with Gasteiger partial charge in [0.2, 0.25) is 0 Å². The van der Waals surface area contributed by atoms with Crippen LogP contribution in [0.2, 0.25) is 0 Å². The number of ether oxygens (including phenoxy) is 1. The molecule has 0 atom stereocenters. The number of nitrogen functional groups attached to an aromatic ring is 1. The van der Waals surface area contributed by atoms with Gasteiger partial charge in [-0.15, -0.1) is 0 Å². The molecule has 0 aliphatic carbocycles. The molecule has 3 aromatic rings. The average molecular weight is 336 g/mol. The Morgan fingerprint density at radius 2 is 1.96 bits per heavy atom. The zero-order valence-electron chi connectivity index (χ0n) is 13.1. The molecule has 0 spiro atoms. The molecule has 25 heavy (non-hydrogen) atoms. The number of anilines is 1. The predicted molar refractivity (Wildman–Crippen MR) is 90.4 cm³/mol. The molecule has 0 unspecified atom stereocenters. The predicted octanol–water partition coefficient (Wildman–Crippen LogP) is 2.78. The lowest BCUT2D eigenvalue weighted by atomic mass is 10.1. The van der Waals surface area contributed by atoms with Gasteiger partial charge in [-0.05, 0) is 12.1 Å². The number of nitrogens with zero attached hydrogens (tertiary/aromatic N) is 3. The maximum Gasteiger partial charge on any atom is 0.357 e. The lowest BCUT2D eigenvalue weighted by molar-refractivity contribution is -0.383. The second-order valence-corrected chi connectivity index (χ2v) is 5.18. The number of rotatable bonds is 3. The van der Waals surface area contributed by atoms with E-state index in [-0.39, 0.29) is 22.6 Å². The molecule has 0 saturated heterocycles. The van der Waals surface area contributed by atoms with E-state index >= 15 is 0 Å². The smallest absolute Gasteiger partial charge is 0.357 e. The van der Waals surface area contributed by atoms with Crippen LogP contribution in [0.3, 0.4) is 0 Å². The number of aromatic nitrogens is 1. The fraction of sp³-hybridized carbons (Fsp3) is 0.0588. The molecule has 0 fully saturated rings. The standard InChI is InChI=1S/C17H12N4O4/c1-25-17(22)16-15(19)10(8-18)9-20(16)13-6-7-14(21(23)24)12-5-3-2-4-11(12)13/h2-7,9H,19H2,1H3. The number of hydrogen-bond acceptors (Lipinski definition) is 6. The lowest BCUT2D eigenvalue weighted by Crippen LogP contribution is -2.11. The maximum atomic E-state index is 12.1. The van der Waals surface area contributed by atoms with Crippen molar-refractivity contribution in [2.45, 2.75) is 0 Å². The molecule has 8 heteroatoms. The summed E-state index contributed by atoms with van der Waals surface area (Å²) in [5.74, 6) is -0.707. The Hall–Kier alpha value is -3.86. The van der Waals surface area contributed by atoms with E-state index in [2.05, 4.69) is 0 Å². The normalized spacial score (nSPS) is 10.4. The Morgan fingerprint density at radius 3 is 2.56 bits per heavy atom. The van der Waals surface area contributed by atoms with Gasteiger partial charge in [-0.3, -0.25) is 10.1 Å². The fourth-order valence-electron chi connectivity index (χ4n) is 2.74. The Bertz CT molecular complexity index is 1060. The van der Waals surface area contributed by atoms with E-state index in [1.165, 1.54) is 30.0 Å².